The van der Waals surface area contributed by atoms with E-state index in [-0.39, 0.29) is 38.4 Å². The maximum Gasteiger partial charge on any atom is 0.306 e. The van der Waals surface area contributed by atoms with Crippen LogP contribution in [0.3, 0.4) is 0 Å². The monoisotopic (exact) mass is 604 g/mol. The molecule has 0 radical (unpaired) electrons. The Morgan fingerprint density at radius 3 is 1.62 bits per heavy atom. The van der Waals surface area contributed by atoms with Crippen molar-refractivity contribution in [3.8, 4) is 11.5 Å². The van der Waals surface area contributed by atoms with Gasteiger partial charge in [0.25, 0.3) is 0 Å². The molecule has 0 saturated heterocycles. The van der Waals surface area contributed by atoms with Crippen LogP contribution in [-0.2, 0) is 28.5 Å². The topological polar surface area (TPSA) is 89.5 Å². The lowest BCUT2D eigenvalue weighted by Crippen LogP contribution is -2.29. The summed E-state index contributed by atoms with van der Waals surface area (Å²) in [6.45, 7) is 4.54. The predicted octanol–water partition coefficient (Wildman–Crippen LogP) is 6.23. The van der Waals surface area contributed by atoms with Crippen molar-refractivity contribution in [2.45, 2.75) is 51.7 Å². The molecule has 0 fully saturated rings. The Kier molecular flexibility index (Phi) is 12.3. The molecule has 3 aromatic carbocycles. The number of hydrogen-bond acceptors (Lipinski definition) is 8. The Morgan fingerprint density at radius 2 is 1.15 bits per heavy atom. The zero-order valence-corrected chi connectivity index (χ0v) is 24.6. The van der Waals surface area contributed by atoms with Crippen LogP contribution in [0.1, 0.15) is 39.5 Å². The lowest BCUT2D eigenvalue weighted by atomic mass is 10.0. The second kappa shape index (κ2) is 15.6. The molecule has 0 aliphatic heterocycles. The van der Waals surface area contributed by atoms with Crippen LogP contribution >= 0.6 is 15.9 Å². The summed E-state index contributed by atoms with van der Waals surface area (Å²) in [6, 6.07) is 13.6. The maximum atomic E-state index is 12.1. The number of benzene rings is 3. The van der Waals surface area contributed by atoms with E-state index in [1.54, 1.807) is 14.2 Å². The van der Waals surface area contributed by atoms with Crippen molar-refractivity contribution in [3.63, 3.8) is 0 Å². The number of rotatable bonds is 16. The van der Waals surface area contributed by atoms with Crippen LogP contribution in [-0.4, -0.2) is 64.8 Å². The average molecular weight is 606 g/mol. The van der Waals surface area contributed by atoms with Gasteiger partial charge in [-0.2, -0.15) is 0 Å². The molecule has 9 heteroatoms. The van der Waals surface area contributed by atoms with Crippen LogP contribution in [0, 0.1) is 0 Å². The highest BCUT2D eigenvalue weighted by Gasteiger charge is 2.22. The molecule has 2 atom stereocenters. The van der Waals surface area contributed by atoms with Crippen molar-refractivity contribution >= 4 is 49.4 Å². The van der Waals surface area contributed by atoms with E-state index in [9.17, 15) is 9.59 Å². The van der Waals surface area contributed by atoms with Gasteiger partial charge in [-0.15, -0.1) is 0 Å². The summed E-state index contributed by atoms with van der Waals surface area (Å²) in [5.41, 5.74) is 0. The minimum Gasteiger partial charge on any atom is -0.488 e. The Hall–Kier alpha value is -2.88. The van der Waals surface area contributed by atoms with Gasteiger partial charge < -0.3 is 28.4 Å². The highest BCUT2D eigenvalue weighted by Crippen LogP contribution is 2.43. The second-order valence-corrected chi connectivity index (χ2v) is 10.1. The summed E-state index contributed by atoms with van der Waals surface area (Å²) in [5.74, 6) is 0.728. The molecule has 0 bridgehead atoms. The van der Waals surface area contributed by atoms with E-state index in [1.165, 1.54) is 0 Å². The average Bonchev–Trinajstić information content (AvgIpc) is 2.90. The lowest BCUT2D eigenvalue weighted by molar-refractivity contribution is -0.154. The molecule has 2 unspecified atom stereocenters. The zero-order chi connectivity index (χ0) is 28.2. The molecule has 0 aromatic heterocycles. The molecule has 0 saturated carbocycles. The third kappa shape index (κ3) is 8.55. The molecule has 0 aliphatic carbocycles. The Balaban J connectivity index is 1.98. The minimum absolute atomic E-state index is 0.123. The van der Waals surface area contributed by atoms with Gasteiger partial charge in [0.05, 0.1) is 13.2 Å². The zero-order valence-electron chi connectivity index (χ0n) is 23.0. The Morgan fingerprint density at radius 1 is 0.692 bits per heavy atom. The van der Waals surface area contributed by atoms with Gasteiger partial charge in [0, 0.05) is 53.1 Å². The first-order valence-corrected chi connectivity index (χ1v) is 14.0. The van der Waals surface area contributed by atoms with E-state index in [1.807, 2.05) is 56.3 Å². The van der Waals surface area contributed by atoms with E-state index in [4.69, 9.17) is 28.4 Å². The fourth-order valence-corrected chi connectivity index (χ4v) is 4.60. The van der Waals surface area contributed by atoms with Crippen LogP contribution in [0.25, 0.3) is 21.5 Å². The largest absolute Gasteiger partial charge is 0.488 e. The number of fused-ring (bicyclic) bond motifs is 2. The minimum atomic E-state index is -0.557. The molecule has 39 heavy (non-hydrogen) atoms. The molecule has 8 nitrogen and oxygen atoms in total. The summed E-state index contributed by atoms with van der Waals surface area (Å²) in [7, 11) is 3.12. The molecule has 3 rings (SSSR count). The number of hydrogen-bond donors (Lipinski definition) is 0. The first-order valence-electron chi connectivity index (χ1n) is 13.2. The Labute approximate surface area is 238 Å². The molecule has 0 aliphatic rings. The molecule has 0 amide bonds. The van der Waals surface area contributed by atoms with E-state index in [2.05, 4.69) is 15.9 Å². The van der Waals surface area contributed by atoms with E-state index >= 15 is 0 Å². The molecule has 0 N–H and O–H groups in total. The molecular formula is C30H37BrO8. The number of carbonyl (C=O) groups is 2. The number of ether oxygens (including phenoxy) is 6. The van der Waals surface area contributed by atoms with Crippen molar-refractivity contribution in [1.29, 1.82) is 0 Å². The van der Waals surface area contributed by atoms with Crippen LogP contribution < -0.4 is 9.47 Å². The number of carbonyl (C=O) groups excluding carboxylic acids is 2. The van der Waals surface area contributed by atoms with Gasteiger partial charge in [-0.25, -0.2) is 0 Å². The predicted molar refractivity (Wildman–Crippen MR) is 153 cm³/mol. The standard InChI is InChI=1S/C30H37BrO8/c1-5-9-27(32)38-21(16-34-3)18-36-29-23-11-7-8-12-24(23)30(26-15-20(31)13-14-25(26)29)37-19-22(17-35-4)39-28(33)10-6-2/h7-8,11-15,21-22H,5-6,9-10,16-19H2,1-4H3. The van der Waals surface area contributed by atoms with Gasteiger partial charge in [-0.05, 0) is 31.0 Å². The summed E-state index contributed by atoms with van der Waals surface area (Å²) < 4.78 is 35.3. The number of esters is 2. The van der Waals surface area contributed by atoms with Gasteiger partial charge in [0.15, 0.2) is 12.2 Å². The first-order chi connectivity index (χ1) is 18.9. The molecule has 0 spiro atoms. The normalized spacial score (nSPS) is 12.7. The molecule has 3 aromatic rings. The highest BCUT2D eigenvalue weighted by molar-refractivity contribution is 9.10. The third-order valence-corrected chi connectivity index (χ3v) is 6.42. The van der Waals surface area contributed by atoms with Crippen molar-refractivity contribution in [2.24, 2.45) is 0 Å². The number of methoxy groups -OCH3 is 2. The van der Waals surface area contributed by atoms with Crippen LogP contribution in [0.2, 0.25) is 0 Å². The maximum absolute atomic E-state index is 12.1. The van der Waals surface area contributed by atoms with Gasteiger partial charge in [-0.3, -0.25) is 9.59 Å². The van der Waals surface area contributed by atoms with Crippen LogP contribution in [0.5, 0.6) is 11.5 Å². The third-order valence-electron chi connectivity index (χ3n) is 5.92. The van der Waals surface area contributed by atoms with Crippen molar-refractivity contribution in [2.75, 3.05) is 40.6 Å². The first kappa shape index (κ1) is 30.7. The fraction of sp³-hybridized carbons (Fsp3) is 0.467. The van der Waals surface area contributed by atoms with Gasteiger partial charge in [0.1, 0.15) is 24.7 Å². The molecule has 212 valence electrons. The van der Waals surface area contributed by atoms with Crippen molar-refractivity contribution in [3.05, 3.63) is 46.9 Å². The quantitative estimate of drug-likeness (QED) is 0.140. The molecular weight excluding hydrogens is 568 g/mol. The second-order valence-electron chi connectivity index (χ2n) is 9.15. The van der Waals surface area contributed by atoms with Crippen LogP contribution in [0.4, 0.5) is 0 Å². The Bertz CT molecular complexity index is 1240. The lowest BCUT2D eigenvalue weighted by Gasteiger charge is -2.22. The van der Waals surface area contributed by atoms with E-state index in [0.717, 1.165) is 26.0 Å². The smallest absolute Gasteiger partial charge is 0.306 e. The van der Waals surface area contributed by atoms with Crippen molar-refractivity contribution in [1.82, 2.24) is 0 Å². The van der Waals surface area contributed by atoms with Gasteiger partial charge >= 0.3 is 11.9 Å². The highest BCUT2D eigenvalue weighted by atomic mass is 79.9. The van der Waals surface area contributed by atoms with E-state index < -0.39 is 12.2 Å². The summed E-state index contributed by atoms with van der Waals surface area (Å²) in [6.07, 6.45) is 0.967. The van der Waals surface area contributed by atoms with E-state index in [0.29, 0.717) is 37.2 Å². The number of halogens is 1. The summed E-state index contributed by atoms with van der Waals surface area (Å²) >= 11 is 3.57. The van der Waals surface area contributed by atoms with Crippen molar-refractivity contribution < 1.29 is 38.0 Å². The van der Waals surface area contributed by atoms with Gasteiger partial charge in [0.2, 0.25) is 0 Å². The summed E-state index contributed by atoms with van der Waals surface area (Å²) in [5, 5.41) is 3.32. The molecule has 0 heterocycles. The fourth-order valence-electron chi connectivity index (χ4n) is 4.24. The SMILES string of the molecule is CCCC(=O)OC(COC)COc1c2ccccc2c(OCC(COC)OC(=O)CCC)c2cc(Br)ccc12. The summed E-state index contributed by atoms with van der Waals surface area (Å²) in [4.78, 5) is 24.3. The van der Waals surface area contributed by atoms with Gasteiger partial charge in [-0.1, -0.05) is 54.0 Å². The van der Waals surface area contributed by atoms with Crippen LogP contribution in [0.15, 0.2) is 46.9 Å².